The fourth-order valence-electron chi connectivity index (χ4n) is 1.43. The number of carbonyl (C=O) groups is 1. The summed E-state index contributed by atoms with van der Waals surface area (Å²) in [6, 6.07) is 6.90. The predicted octanol–water partition coefficient (Wildman–Crippen LogP) is 3.69. The van der Waals surface area contributed by atoms with Gasteiger partial charge in [-0.15, -0.1) is 0 Å². The molecule has 0 saturated heterocycles. The SMILES string of the molecule is C/C(=C\C=C\C(=O)OC(C)(C)C)c1ccc(O)cc1. The van der Waals surface area contributed by atoms with Crippen molar-refractivity contribution in [2.24, 2.45) is 0 Å². The second kappa shape index (κ2) is 6.23. The molecule has 1 aromatic carbocycles. The number of carbonyl (C=O) groups excluding carboxylic acids is 1. The van der Waals surface area contributed by atoms with Crippen molar-refractivity contribution in [3.8, 4) is 5.75 Å². The molecule has 3 nitrogen and oxygen atoms in total. The fraction of sp³-hybridized carbons (Fsp3) is 0.312. The van der Waals surface area contributed by atoms with Gasteiger partial charge in [0, 0.05) is 6.08 Å². The fourth-order valence-corrected chi connectivity index (χ4v) is 1.43. The predicted molar refractivity (Wildman–Crippen MR) is 76.7 cm³/mol. The van der Waals surface area contributed by atoms with Crippen LogP contribution in [0.2, 0.25) is 0 Å². The van der Waals surface area contributed by atoms with Crippen molar-refractivity contribution in [1.29, 1.82) is 0 Å². The first kappa shape index (κ1) is 15.0. The van der Waals surface area contributed by atoms with Crippen LogP contribution >= 0.6 is 0 Å². The minimum absolute atomic E-state index is 0.237. The molecule has 0 radical (unpaired) electrons. The summed E-state index contributed by atoms with van der Waals surface area (Å²) >= 11 is 0. The molecule has 102 valence electrons. The molecular weight excluding hydrogens is 240 g/mol. The van der Waals surface area contributed by atoms with Crippen LogP contribution in [0.3, 0.4) is 0 Å². The molecule has 0 aliphatic rings. The number of aromatic hydroxyl groups is 1. The van der Waals surface area contributed by atoms with Crippen molar-refractivity contribution >= 4 is 11.5 Å². The van der Waals surface area contributed by atoms with Crippen molar-refractivity contribution in [1.82, 2.24) is 0 Å². The van der Waals surface area contributed by atoms with E-state index in [1.807, 2.05) is 45.9 Å². The maximum Gasteiger partial charge on any atom is 0.331 e. The van der Waals surface area contributed by atoms with Gasteiger partial charge in [0.2, 0.25) is 0 Å². The van der Waals surface area contributed by atoms with Gasteiger partial charge in [-0.1, -0.05) is 24.3 Å². The van der Waals surface area contributed by atoms with Crippen LogP contribution in [-0.4, -0.2) is 16.7 Å². The zero-order valence-electron chi connectivity index (χ0n) is 11.8. The standard InChI is InChI=1S/C16H20O3/c1-12(13-8-10-14(17)11-9-13)6-5-7-15(18)19-16(2,3)4/h5-11,17H,1-4H3/b7-5+,12-6+. The molecular formula is C16H20O3. The van der Waals surface area contributed by atoms with Crippen LogP contribution in [0, 0.1) is 0 Å². The van der Waals surface area contributed by atoms with Gasteiger partial charge in [-0.05, 0) is 51.0 Å². The highest BCUT2D eigenvalue weighted by Gasteiger charge is 2.13. The Morgan fingerprint density at radius 2 is 1.79 bits per heavy atom. The maximum absolute atomic E-state index is 11.4. The van der Waals surface area contributed by atoms with E-state index in [0.29, 0.717) is 0 Å². The molecule has 0 unspecified atom stereocenters. The third kappa shape index (κ3) is 5.91. The summed E-state index contributed by atoms with van der Waals surface area (Å²) in [5.74, 6) is -0.122. The van der Waals surface area contributed by atoms with Crippen molar-refractivity contribution in [3.05, 3.63) is 48.1 Å². The van der Waals surface area contributed by atoms with Crippen molar-refractivity contribution < 1.29 is 14.6 Å². The van der Waals surface area contributed by atoms with E-state index in [1.165, 1.54) is 6.08 Å². The molecule has 0 amide bonds. The number of rotatable bonds is 3. The molecule has 3 heteroatoms. The molecule has 1 N–H and O–H groups in total. The lowest BCUT2D eigenvalue weighted by atomic mass is 10.1. The summed E-state index contributed by atoms with van der Waals surface area (Å²) in [6.07, 6.45) is 4.89. The minimum atomic E-state index is -0.475. The number of ether oxygens (including phenoxy) is 1. The smallest absolute Gasteiger partial charge is 0.331 e. The van der Waals surface area contributed by atoms with Gasteiger partial charge in [-0.2, -0.15) is 0 Å². The molecule has 0 aliphatic heterocycles. The first-order valence-electron chi connectivity index (χ1n) is 6.15. The van der Waals surface area contributed by atoms with Crippen LogP contribution in [0.25, 0.3) is 5.57 Å². The van der Waals surface area contributed by atoms with Crippen molar-refractivity contribution in [3.63, 3.8) is 0 Å². The molecule has 0 fully saturated rings. The van der Waals surface area contributed by atoms with Crippen molar-refractivity contribution in [2.75, 3.05) is 0 Å². The Morgan fingerprint density at radius 3 is 2.32 bits per heavy atom. The maximum atomic E-state index is 11.4. The number of hydrogen-bond donors (Lipinski definition) is 1. The Balaban J connectivity index is 2.65. The van der Waals surface area contributed by atoms with Gasteiger partial charge in [-0.25, -0.2) is 4.79 Å². The van der Waals surface area contributed by atoms with Crippen LogP contribution < -0.4 is 0 Å². The van der Waals surface area contributed by atoms with Crippen LogP contribution in [0.5, 0.6) is 5.75 Å². The summed E-state index contributed by atoms with van der Waals surface area (Å²) in [7, 11) is 0. The van der Waals surface area contributed by atoms with E-state index in [4.69, 9.17) is 4.74 Å². The van der Waals surface area contributed by atoms with E-state index in [-0.39, 0.29) is 11.7 Å². The Bertz CT molecular complexity index is 488. The summed E-state index contributed by atoms with van der Waals surface area (Å²) in [6.45, 7) is 7.43. The molecule has 1 rings (SSSR count). The van der Waals surface area contributed by atoms with Gasteiger partial charge in [-0.3, -0.25) is 0 Å². The van der Waals surface area contributed by atoms with E-state index in [0.717, 1.165) is 11.1 Å². The second-order valence-electron chi connectivity index (χ2n) is 5.29. The first-order chi connectivity index (χ1) is 8.78. The first-order valence-corrected chi connectivity index (χ1v) is 6.15. The second-order valence-corrected chi connectivity index (χ2v) is 5.29. The Labute approximate surface area is 114 Å². The number of hydrogen-bond acceptors (Lipinski definition) is 3. The number of phenolic OH excluding ortho intramolecular Hbond substituents is 1. The molecule has 1 aromatic rings. The minimum Gasteiger partial charge on any atom is -0.508 e. The van der Waals surface area contributed by atoms with Crippen LogP contribution in [0.4, 0.5) is 0 Å². The highest BCUT2D eigenvalue weighted by Crippen LogP contribution is 2.17. The lowest BCUT2D eigenvalue weighted by Crippen LogP contribution is -2.22. The number of allylic oxidation sites excluding steroid dienone is 3. The normalized spacial score (nSPS) is 12.7. The number of benzene rings is 1. The van der Waals surface area contributed by atoms with Crippen LogP contribution in [0.15, 0.2) is 42.5 Å². The molecule has 0 atom stereocenters. The molecule has 19 heavy (non-hydrogen) atoms. The Morgan fingerprint density at radius 1 is 1.21 bits per heavy atom. The molecule has 0 heterocycles. The average Bonchev–Trinajstić information content (AvgIpc) is 2.27. The summed E-state index contributed by atoms with van der Waals surface area (Å²) < 4.78 is 5.15. The van der Waals surface area contributed by atoms with Gasteiger partial charge >= 0.3 is 5.97 Å². The summed E-state index contributed by atoms with van der Waals surface area (Å²) in [5.41, 5.74) is 1.52. The van der Waals surface area contributed by atoms with Gasteiger partial charge in [0.15, 0.2) is 0 Å². The third-order valence-corrected chi connectivity index (χ3v) is 2.31. The lowest BCUT2D eigenvalue weighted by molar-refractivity contribution is -0.148. The summed E-state index contributed by atoms with van der Waals surface area (Å²) in [5, 5.41) is 9.20. The van der Waals surface area contributed by atoms with E-state index < -0.39 is 5.60 Å². The number of esters is 1. The zero-order chi connectivity index (χ0) is 14.5. The van der Waals surface area contributed by atoms with E-state index in [1.54, 1.807) is 18.2 Å². The van der Waals surface area contributed by atoms with Crippen molar-refractivity contribution in [2.45, 2.75) is 33.3 Å². The van der Waals surface area contributed by atoms with Gasteiger partial charge in [0.05, 0.1) is 0 Å². The highest BCUT2D eigenvalue weighted by atomic mass is 16.6. The van der Waals surface area contributed by atoms with Gasteiger partial charge < -0.3 is 9.84 Å². The third-order valence-electron chi connectivity index (χ3n) is 2.31. The highest BCUT2D eigenvalue weighted by molar-refractivity contribution is 5.83. The Hall–Kier alpha value is -2.03. The van der Waals surface area contributed by atoms with Gasteiger partial charge in [0.25, 0.3) is 0 Å². The lowest BCUT2D eigenvalue weighted by Gasteiger charge is -2.17. The van der Waals surface area contributed by atoms with E-state index in [2.05, 4.69) is 0 Å². The molecule has 0 spiro atoms. The molecule has 0 bridgehead atoms. The van der Waals surface area contributed by atoms with E-state index >= 15 is 0 Å². The molecule has 0 aliphatic carbocycles. The zero-order valence-corrected chi connectivity index (χ0v) is 11.8. The Kier molecular flexibility index (Phi) is 4.93. The van der Waals surface area contributed by atoms with Gasteiger partial charge in [0.1, 0.15) is 11.4 Å². The molecule has 0 aromatic heterocycles. The largest absolute Gasteiger partial charge is 0.508 e. The molecule has 0 saturated carbocycles. The topological polar surface area (TPSA) is 46.5 Å². The number of phenols is 1. The van der Waals surface area contributed by atoms with Crippen LogP contribution in [-0.2, 0) is 9.53 Å². The van der Waals surface area contributed by atoms with E-state index in [9.17, 15) is 9.90 Å². The summed E-state index contributed by atoms with van der Waals surface area (Å²) in [4.78, 5) is 11.4. The average molecular weight is 260 g/mol. The quantitative estimate of drug-likeness (QED) is 0.512. The van der Waals surface area contributed by atoms with Crippen LogP contribution in [0.1, 0.15) is 33.3 Å². The monoisotopic (exact) mass is 260 g/mol.